The molecular weight excluding hydrogens is 423 g/mol. The topological polar surface area (TPSA) is 42.2 Å². The Morgan fingerprint density at radius 3 is 2.84 bits per heavy atom. The van der Waals surface area contributed by atoms with Gasteiger partial charge in [0.2, 0.25) is 0 Å². The molecule has 0 spiro atoms. The van der Waals surface area contributed by atoms with Gasteiger partial charge in [0, 0.05) is 46.2 Å². The standard InChI is InChI=1S/C20H17IN4/c21-18-4-3-16-10-23-11-17(20(16)9-18)12-24-19-5-1-15(2-6-19)13-25-8-7-22-14-25/h1-9,11-12,14,24H,10,13H2/b17-12+. The lowest BCUT2D eigenvalue weighted by molar-refractivity contribution is 0.797. The quantitative estimate of drug-likeness (QED) is 0.604. The molecule has 4 nitrogen and oxygen atoms in total. The van der Waals surface area contributed by atoms with Crippen molar-refractivity contribution in [3.63, 3.8) is 0 Å². The molecule has 2 heterocycles. The number of hydrogen-bond acceptors (Lipinski definition) is 3. The Morgan fingerprint density at radius 2 is 2.04 bits per heavy atom. The van der Waals surface area contributed by atoms with E-state index in [4.69, 9.17) is 0 Å². The number of rotatable bonds is 4. The molecule has 0 aliphatic carbocycles. The molecule has 2 aromatic carbocycles. The summed E-state index contributed by atoms with van der Waals surface area (Å²) < 4.78 is 3.29. The van der Waals surface area contributed by atoms with Gasteiger partial charge in [-0.2, -0.15) is 0 Å². The Balaban J connectivity index is 1.49. The van der Waals surface area contributed by atoms with Crippen molar-refractivity contribution in [1.82, 2.24) is 9.55 Å². The van der Waals surface area contributed by atoms with Crippen LogP contribution < -0.4 is 5.32 Å². The smallest absolute Gasteiger partial charge is 0.0949 e. The molecule has 1 aromatic heterocycles. The number of nitrogens with zero attached hydrogens (tertiary/aromatic N) is 3. The first kappa shape index (κ1) is 16.1. The fourth-order valence-corrected chi connectivity index (χ4v) is 3.33. The molecule has 0 unspecified atom stereocenters. The second-order valence-corrected chi connectivity index (χ2v) is 7.19. The van der Waals surface area contributed by atoms with Crippen molar-refractivity contribution in [3.05, 3.63) is 87.6 Å². The SMILES string of the molecule is Ic1ccc2c(c1)/C(=C/Nc1ccc(Cn3ccnc3)cc1)C=NC2. The van der Waals surface area contributed by atoms with Crippen LogP contribution >= 0.6 is 22.6 Å². The zero-order valence-electron chi connectivity index (χ0n) is 13.6. The summed E-state index contributed by atoms with van der Waals surface area (Å²) in [6, 6.07) is 15.0. The van der Waals surface area contributed by atoms with E-state index in [1.54, 1.807) is 6.20 Å². The van der Waals surface area contributed by atoms with Crippen LogP contribution in [0.15, 0.2) is 72.4 Å². The molecule has 1 aliphatic rings. The molecule has 0 saturated carbocycles. The van der Waals surface area contributed by atoms with Gasteiger partial charge in [-0.15, -0.1) is 0 Å². The Morgan fingerprint density at radius 1 is 1.16 bits per heavy atom. The monoisotopic (exact) mass is 440 g/mol. The van der Waals surface area contributed by atoms with E-state index < -0.39 is 0 Å². The van der Waals surface area contributed by atoms with Gasteiger partial charge in [-0.05, 0) is 63.5 Å². The Bertz CT molecular complexity index is 925. The maximum Gasteiger partial charge on any atom is 0.0949 e. The zero-order chi connectivity index (χ0) is 17.1. The molecule has 124 valence electrons. The third-order valence-corrected chi connectivity index (χ3v) is 4.82. The minimum absolute atomic E-state index is 0.756. The number of nitrogens with one attached hydrogen (secondary N) is 1. The molecule has 25 heavy (non-hydrogen) atoms. The first-order chi connectivity index (χ1) is 12.3. The van der Waals surface area contributed by atoms with Crippen LogP contribution in [0.25, 0.3) is 5.57 Å². The van der Waals surface area contributed by atoms with Gasteiger partial charge in [-0.3, -0.25) is 4.99 Å². The molecular formula is C20H17IN4. The van der Waals surface area contributed by atoms with Gasteiger partial charge in [0.1, 0.15) is 0 Å². The molecule has 1 N–H and O–H groups in total. The summed E-state index contributed by atoms with van der Waals surface area (Å²) in [5.74, 6) is 0. The van der Waals surface area contributed by atoms with Gasteiger partial charge >= 0.3 is 0 Å². The average Bonchev–Trinajstić information content (AvgIpc) is 3.14. The number of allylic oxidation sites excluding steroid dienone is 1. The van der Waals surface area contributed by atoms with Gasteiger partial charge < -0.3 is 9.88 Å². The lowest BCUT2D eigenvalue weighted by Crippen LogP contribution is -2.03. The number of anilines is 1. The van der Waals surface area contributed by atoms with E-state index in [-0.39, 0.29) is 0 Å². The number of fused-ring (bicyclic) bond motifs is 1. The summed E-state index contributed by atoms with van der Waals surface area (Å²) in [6.07, 6.45) is 9.57. The van der Waals surface area contributed by atoms with Crippen LogP contribution in [0.1, 0.15) is 16.7 Å². The molecule has 0 atom stereocenters. The van der Waals surface area contributed by atoms with Crippen molar-refractivity contribution in [1.29, 1.82) is 0 Å². The molecule has 0 radical (unpaired) electrons. The van der Waals surface area contributed by atoms with Crippen LogP contribution in [0.2, 0.25) is 0 Å². The summed E-state index contributed by atoms with van der Waals surface area (Å²) in [6.45, 7) is 1.59. The number of imidazole rings is 1. The number of aromatic nitrogens is 2. The van der Waals surface area contributed by atoms with Crippen LogP contribution in [-0.4, -0.2) is 15.8 Å². The number of halogens is 1. The van der Waals surface area contributed by atoms with Crippen LogP contribution in [0.4, 0.5) is 5.69 Å². The number of aliphatic imine (C=N–C) groups is 1. The molecule has 0 saturated heterocycles. The molecule has 0 amide bonds. The van der Waals surface area contributed by atoms with Crippen LogP contribution in [0.3, 0.4) is 0 Å². The number of benzene rings is 2. The first-order valence-corrected chi connectivity index (χ1v) is 9.16. The van der Waals surface area contributed by atoms with E-state index in [1.165, 1.54) is 20.3 Å². The van der Waals surface area contributed by atoms with E-state index in [0.29, 0.717) is 0 Å². The highest BCUT2D eigenvalue weighted by atomic mass is 127. The maximum atomic E-state index is 4.45. The summed E-state index contributed by atoms with van der Waals surface area (Å²) >= 11 is 2.35. The van der Waals surface area contributed by atoms with Crippen molar-refractivity contribution in [3.8, 4) is 0 Å². The zero-order valence-corrected chi connectivity index (χ0v) is 15.7. The van der Waals surface area contributed by atoms with Crippen molar-refractivity contribution in [2.24, 2.45) is 4.99 Å². The van der Waals surface area contributed by atoms with Crippen LogP contribution in [0, 0.1) is 3.57 Å². The van der Waals surface area contributed by atoms with Gasteiger partial charge in [0.25, 0.3) is 0 Å². The predicted octanol–water partition coefficient (Wildman–Crippen LogP) is 4.57. The van der Waals surface area contributed by atoms with E-state index >= 15 is 0 Å². The molecule has 5 heteroatoms. The molecule has 1 aliphatic heterocycles. The third-order valence-electron chi connectivity index (χ3n) is 4.15. The van der Waals surface area contributed by atoms with Crippen LogP contribution in [0.5, 0.6) is 0 Å². The second-order valence-electron chi connectivity index (χ2n) is 5.95. The highest BCUT2D eigenvalue weighted by Gasteiger charge is 2.10. The van der Waals surface area contributed by atoms with E-state index in [1.807, 2.05) is 24.9 Å². The summed E-state index contributed by atoms with van der Waals surface area (Å²) in [5, 5.41) is 3.39. The molecule has 0 fully saturated rings. The first-order valence-electron chi connectivity index (χ1n) is 8.08. The van der Waals surface area contributed by atoms with Crippen molar-refractivity contribution < 1.29 is 0 Å². The van der Waals surface area contributed by atoms with Gasteiger partial charge in [-0.25, -0.2) is 4.98 Å². The van der Waals surface area contributed by atoms with E-state index in [9.17, 15) is 0 Å². The van der Waals surface area contributed by atoms with Crippen LogP contribution in [-0.2, 0) is 13.1 Å². The fraction of sp³-hybridized carbons (Fsp3) is 0.100. The highest BCUT2D eigenvalue weighted by Crippen LogP contribution is 2.25. The fourth-order valence-electron chi connectivity index (χ4n) is 2.84. The molecule has 3 aromatic rings. The lowest BCUT2D eigenvalue weighted by Gasteiger charge is -2.14. The number of hydrogen-bond donors (Lipinski definition) is 1. The van der Waals surface area contributed by atoms with Gasteiger partial charge in [-0.1, -0.05) is 18.2 Å². The van der Waals surface area contributed by atoms with Gasteiger partial charge in [0.05, 0.1) is 12.9 Å². The minimum atomic E-state index is 0.756. The Labute approximate surface area is 160 Å². The Kier molecular flexibility index (Phi) is 4.65. The largest absolute Gasteiger partial charge is 0.361 e. The average molecular weight is 440 g/mol. The lowest BCUT2D eigenvalue weighted by atomic mass is 9.99. The third kappa shape index (κ3) is 3.82. The summed E-state index contributed by atoms with van der Waals surface area (Å²) in [4.78, 5) is 8.52. The van der Waals surface area contributed by atoms with Crippen molar-refractivity contribution in [2.45, 2.75) is 13.1 Å². The summed E-state index contributed by atoms with van der Waals surface area (Å²) in [5.41, 5.74) is 5.95. The minimum Gasteiger partial charge on any atom is -0.361 e. The Hall–Kier alpha value is -2.41. The molecule has 0 bridgehead atoms. The van der Waals surface area contributed by atoms with Crippen molar-refractivity contribution in [2.75, 3.05) is 5.32 Å². The second kappa shape index (κ2) is 7.23. The van der Waals surface area contributed by atoms with E-state index in [0.717, 1.165) is 24.4 Å². The van der Waals surface area contributed by atoms with Crippen molar-refractivity contribution >= 4 is 40.1 Å². The summed E-state index contributed by atoms with van der Waals surface area (Å²) in [7, 11) is 0. The van der Waals surface area contributed by atoms with E-state index in [2.05, 4.69) is 84.9 Å². The molecule has 4 rings (SSSR count). The maximum absolute atomic E-state index is 4.45. The van der Waals surface area contributed by atoms with Gasteiger partial charge in [0.15, 0.2) is 0 Å². The normalized spacial score (nSPS) is 14.5. The highest BCUT2D eigenvalue weighted by molar-refractivity contribution is 14.1. The predicted molar refractivity (Wildman–Crippen MR) is 111 cm³/mol.